The van der Waals surface area contributed by atoms with Crippen LogP contribution in [0.4, 0.5) is 27.6 Å². The third-order valence-electron chi connectivity index (χ3n) is 12.0. The Kier molecular flexibility index (Phi) is 9.57. The van der Waals surface area contributed by atoms with E-state index in [2.05, 4.69) is 20.8 Å². The molecular formula is C39H31BrCl2F5N3O6. The van der Waals surface area contributed by atoms with Gasteiger partial charge in [-0.25, -0.2) is 26.9 Å². The fourth-order valence-electron chi connectivity index (χ4n) is 9.44. The Morgan fingerprint density at radius 1 is 0.875 bits per heavy atom. The minimum atomic E-state index is -2.79. The second kappa shape index (κ2) is 13.8. The molecule has 17 heteroatoms. The van der Waals surface area contributed by atoms with Crippen LogP contribution in [0.25, 0.3) is 0 Å². The third-order valence-corrected chi connectivity index (χ3v) is 13.9. The van der Waals surface area contributed by atoms with E-state index in [-0.39, 0.29) is 32.7 Å². The molecule has 0 bridgehead atoms. The van der Waals surface area contributed by atoms with E-state index >= 15 is 8.78 Å². The van der Waals surface area contributed by atoms with Crippen molar-refractivity contribution in [3.8, 4) is 11.5 Å². The molecule has 2 aliphatic carbocycles. The largest absolute Gasteiger partial charge is 0.504 e. The number of benzene rings is 3. The normalized spacial score (nSPS) is 29.4. The summed E-state index contributed by atoms with van der Waals surface area (Å²) in [4.78, 5) is 55.5. The highest BCUT2D eigenvalue weighted by Crippen LogP contribution is 2.67. The van der Waals surface area contributed by atoms with Gasteiger partial charge in [0.25, 0.3) is 11.8 Å². The number of rotatable bonds is 6. The van der Waals surface area contributed by atoms with E-state index in [1.54, 1.807) is 6.08 Å². The molecule has 5 aliphatic rings. The molecule has 6 unspecified atom stereocenters. The number of phenols is 1. The number of carbonyl (C=O) groups is 4. The maximum Gasteiger partial charge on any atom is 0.258 e. The van der Waals surface area contributed by atoms with Crippen LogP contribution < -0.4 is 9.64 Å². The number of nitrogens with zero attached hydrogens (tertiary/aromatic N) is 3. The Bertz CT molecular complexity index is 2230. The van der Waals surface area contributed by atoms with E-state index in [4.69, 9.17) is 27.9 Å². The first kappa shape index (κ1) is 38.8. The zero-order valence-corrected chi connectivity index (χ0v) is 32.4. The Labute approximate surface area is 335 Å². The summed E-state index contributed by atoms with van der Waals surface area (Å²) < 4.78 is 79.6. The monoisotopic (exact) mass is 881 g/mol. The molecule has 3 aliphatic heterocycles. The van der Waals surface area contributed by atoms with Gasteiger partial charge < -0.3 is 9.84 Å². The number of anilines is 1. The second-order valence-electron chi connectivity index (χ2n) is 14.8. The number of carbonyl (C=O) groups excluding carboxylic acids is 4. The van der Waals surface area contributed by atoms with Crippen LogP contribution in [0.1, 0.15) is 42.7 Å². The number of allylic oxidation sites excluding steroid dienone is 2. The van der Waals surface area contributed by atoms with Crippen LogP contribution >= 0.6 is 39.1 Å². The van der Waals surface area contributed by atoms with Gasteiger partial charge in [0.05, 0.1) is 18.9 Å². The minimum Gasteiger partial charge on any atom is -0.504 e. The number of alkyl halides is 2. The number of methoxy groups -OCH3 is 1. The van der Waals surface area contributed by atoms with Crippen molar-refractivity contribution in [3.63, 3.8) is 0 Å². The second-order valence-corrected chi connectivity index (χ2v) is 16.9. The topological polar surface area (TPSA) is 107 Å². The van der Waals surface area contributed by atoms with Crippen molar-refractivity contribution in [2.45, 2.75) is 53.9 Å². The van der Waals surface area contributed by atoms with Crippen molar-refractivity contribution in [2.24, 2.45) is 17.8 Å². The molecule has 4 fully saturated rings. The molecule has 0 spiro atoms. The molecule has 8 rings (SSSR count). The molecule has 3 aromatic carbocycles. The van der Waals surface area contributed by atoms with Crippen molar-refractivity contribution in [2.75, 3.05) is 25.1 Å². The number of likely N-dealkylation sites (tertiary alicyclic amines) is 2. The van der Waals surface area contributed by atoms with Crippen LogP contribution in [-0.2, 0) is 25.7 Å². The van der Waals surface area contributed by atoms with Crippen molar-refractivity contribution in [3.05, 3.63) is 98.8 Å². The first-order chi connectivity index (χ1) is 26.6. The quantitative estimate of drug-likeness (QED) is 0.0705. The highest BCUT2D eigenvalue weighted by atomic mass is 79.9. The smallest absolute Gasteiger partial charge is 0.258 e. The van der Waals surface area contributed by atoms with Crippen molar-refractivity contribution in [1.29, 1.82) is 0 Å². The number of ether oxygens (including phenoxy) is 1. The Morgan fingerprint density at radius 2 is 1.50 bits per heavy atom. The van der Waals surface area contributed by atoms with Gasteiger partial charge in [0.1, 0.15) is 5.69 Å². The summed E-state index contributed by atoms with van der Waals surface area (Å²) in [6, 6.07) is 12.1. The number of halogens is 8. The lowest BCUT2D eigenvalue weighted by atomic mass is 9.56. The lowest BCUT2D eigenvalue weighted by Gasteiger charge is -2.50. The van der Waals surface area contributed by atoms with Crippen LogP contribution in [0, 0.1) is 46.8 Å². The number of aromatic hydroxyl groups is 1. The summed E-state index contributed by atoms with van der Waals surface area (Å²) in [6.45, 7) is 1.90. The SMILES string of the molecule is COc1cc(Br)cc(C2C3=CCC4C(=O)N(C5CCN(Cc6ccccc6)CC5)C(=O)C4C3CC3(Cl)C(=O)N(c4c(F)c(F)c(F)c(F)c4F)C(=O)C23Cl)c1O. The third kappa shape index (κ3) is 5.39. The van der Waals surface area contributed by atoms with Crippen molar-refractivity contribution in [1.82, 2.24) is 9.80 Å². The first-order valence-electron chi connectivity index (χ1n) is 17.7. The lowest BCUT2D eigenvalue weighted by molar-refractivity contribution is -0.144. The summed E-state index contributed by atoms with van der Waals surface area (Å²) in [5.74, 6) is -22.1. The standard InChI is InChI=1S/C39H31BrCl2F5N3O6/c1-56-24-14-18(40)13-22(33(24)51)26-20-7-8-21-25(35(53)49(34(21)52)19-9-11-48(12-10-19)16-17-5-3-2-4-6-17)23(20)15-38(41)36(54)50(37(55)39(26,38)42)32-30(46)28(44)27(43)29(45)31(32)47/h2-7,13-14,19,21,23,25-26,51H,8-12,15-16H2,1H3. The van der Waals surface area contributed by atoms with E-state index in [0.29, 0.717) is 32.5 Å². The van der Waals surface area contributed by atoms with Gasteiger partial charge in [-0.2, -0.15) is 0 Å². The Hall–Kier alpha value is -4.05. The summed E-state index contributed by atoms with van der Waals surface area (Å²) in [6.07, 6.45) is 1.92. The van der Waals surface area contributed by atoms with E-state index < -0.39 is 110 Å². The van der Waals surface area contributed by atoms with Crippen LogP contribution in [0.5, 0.6) is 11.5 Å². The predicted molar refractivity (Wildman–Crippen MR) is 195 cm³/mol. The lowest BCUT2D eigenvalue weighted by Crippen LogP contribution is -2.60. The summed E-state index contributed by atoms with van der Waals surface area (Å²) in [5, 5.41) is 11.5. The summed E-state index contributed by atoms with van der Waals surface area (Å²) in [5.41, 5.74) is -0.708. The van der Waals surface area contributed by atoms with Gasteiger partial charge in [-0.15, -0.1) is 23.2 Å². The minimum absolute atomic E-state index is 0.0153. The van der Waals surface area contributed by atoms with E-state index in [9.17, 15) is 37.5 Å². The summed E-state index contributed by atoms with van der Waals surface area (Å²) in [7, 11) is 1.24. The molecule has 56 heavy (non-hydrogen) atoms. The average molecular weight is 883 g/mol. The van der Waals surface area contributed by atoms with Gasteiger partial charge in [0.2, 0.25) is 17.6 Å². The number of hydrogen-bond donors (Lipinski definition) is 1. The van der Waals surface area contributed by atoms with E-state index in [1.807, 2.05) is 30.3 Å². The van der Waals surface area contributed by atoms with Crippen molar-refractivity contribution < 1.29 is 51.0 Å². The fourth-order valence-corrected chi connectivity index (χ4v) is 10.8. The molecule has 9 nitrogen and oxygen atoms in total. The van der Waals surface area contributed by atoms with Gasteiger partial charge in [0, 0.05) is 41.6 Å². The molecule has 4 amide bonds. The number of fused-ring (bicyclic) bond motifs is 4. The molecule has 0 aromatic heterocycles. The maximum absolute atomic E-state index is 15.4. The zero-order chi connectivity index (χ0) is 40.2. The zero-order valence-electron chi connectivity index (χ0n) is 29.3. The molecule has 3 heterocycles. The Morgan fingerprint density at radius 3 is 2.12 bits per heavy atom. The Balaban J connectivity index is 1.21. The molecule has 1 N–H and O–H groups in total. The highest BCUT2D eigenvalue weighted by Gasteiger charge is 2.77. The van der Waals surface area contributed by atoms with Crippen molar-refractivity contribution >= 4 is 68.4 Å². The molecule has 3 saturated heterocycles. The van der Waals surface area contributed by atoms with Gasteiger partial charge >= 0.3 is 0 Å². The molecule has 3 aromatic rings. The highest BCUT2D eigenvalue weighted by molar-refractivity contribution is 9.10. The molecule has 1 saturated carbocycles. The number of amides is 4. The molecular weight excluding hydrogens is 852 g/mol. The average Bonchev–Trinajstić information content (AvgIpc) is 3.52. The van der Waals surface area contributed by atoms with Gasteiger partial charge in [0.15, 0.2) is 44.5 Å². The summed E-state index contributed by atoms with van der Waals surface area (Å²) >= 11 is 17.8. The van der Waals surface area contributed by atoms with Crippen LogP contribution in [0.15, 0.2) is 58.6 Å². The molecule has 294 valence electrons. The first-order valence-corrected chi connectivity index (χ1v) is 19.3. The number of imide groups is 2. The van der Waals surface area contributed by atoms with E-state index in [1.165, 1.54) is 24.1 Å². The number of hydrogen-bond acceptors (Lipinski definition) is 7. The van der Waals surface area contributed by atoms with Crippen LogP contribution in [-0.4, -0.2) is 74.5 Å². The fraction of sp³-hybridized carbons (Fsp3) is 0.385. The number of phenolic OH excluding ortho intramolecular Hbond substituents is 1. The molecule has 0 radical (unpaired) electrons. The van der Waals surface area contributed by atoms with Gasteiger partial charge in [-0.1, -0.05) is 57.9 Å². The van der Waals surface area contributed by atoms with Gasteiger partial charge in [-0.3, -0.25) is 29.0 Å². The van der Waals surface area contributed by atoms with Gasteiger partial charge in [-0.05, 0) is 49.3 Å². The van der Waals surface area contributed by atoms with Crippen LogP contribution in [0.3, 0.4) is 0 Å². The van der Waals surface area contributed by atoms with Crippen LogP contribution in [0.2, 0.25) is 0 Å². The predicted octanol–water partition coefficient (Wildman–Crippen LogP) is 7.09. The maximum atomic E-state index is 15.4. The van der Waals surface area contributed by atoms with E-state index in [0.717, 1.165) is 5.56 Å². The molecule has 6 atom stereocenters. The number of piperidine rings is 1.